The number of hydrogen-bond donors (Lipinski definition) is 2. The summed E-state index contributed by atoms with van der Waals surface area (Å²) in [4.78, 5) is 38.7. The Hall–Kier alpha value is -2.60. The van der Waals surface area contributed by atoms with Crippen molar-refractivity contribution in [3.05, 3.63) is 51.3 Å². The number of benzene rings is 1. The van der Waals surface area contributed by atoms with Crippen molar-refractivity contribution >= 4 is 34.8 Å². The van der Waals surface area contributed by atoms with Crippen molar-refractivity contribution in [2.45, 2.75) is 20.8 Å². The Morgan fingerprint density at radius 1 is 1.25 bits per heavy atom. The number of Topliss-reactive ketones (excluding diaryl/α,β-unsaturated/α-hetero) is 2. The van der Waals surface area contributed by atoms with Gasteiger partial charge in [-0.25, -0.2) is 4.79 Å². The molecule has 0 aliphatic rings. The zero-order valence-electron chi connectivity index (χ0n) is 13.5. The van der Waals surface area contributed by atoms with E-state index in [1.165, 1.54) is 25.1 Å². The van der Waals surface area contributed by atoms with Gasteiger partial charge in [0.2, 0.25) is 5.78 Å². The molecule has 3 N–H and O–H groups in total. The van der Waals surface area contributed by atoms with Crippen molar-refractivity contribution in [3.63, 3.8) is 0 Å². The summed E-state index contributed by atoms with van der Waals surface area (Å²) in [5.41, 5.74) is 7.91. The molecule has 0 fully saturated rings. The smallest absolute Gasteiger partial charge is 0.340 e. The highest BCUT2D eigenvalue weighted by Gasteiger charge is 2.21. The van der Waals surface area contributed by atoms with Gasteiger partial charge in [-0.1, -0.05) is 11.6 Å². The van der Waals surface area contributed by atoms with Crippen LogP contribution in [0.25, 0.3) is 0 Å². The number of hydrogen-bond acceptors (Lipinski definition) is 5. The summed E-state index contributed by atoms with van der Waals surface area (Å²) in [6, 6.07) is 4.37. The van der Waals surface area contributed by atoms with E-state index in [2.05, 4.69) is 4.98 Å². The van der Waals surface area contributed by atoms with E-state index in [-0.39, 0.29) is 22.7 Å². The van der Waals surface area contributed by atoms with Crippen LogP contribution in [0.4, 0.5) is 5.69 Å². The standard InChI is InChI=1S/C17H17ClN2O4/c1-8-15(10(3)21)9(2)20-16(8)14(22)7-24-17(23)12-5-4-11(18)6-13(12)19/h4-6,20H,7,19H2,1-3H3. The number of ketones is 2. The van der Waals surface area contributed by atoms with Gasteiger partial charge >= 0.3 is 5.97 Å². The maximum Gasteiger partial charge on any atom is 0.340 e. The molecule has 6 nitrogen and oxygen atoms in total. The van der Waals surface area contributed by atoms with E-state index in [1.54, 1.807) is 13.8 Å². The lowest BCUT2D eigenvalue weighted by Gasteiger charge is -2.07. The van der Waals surface area contributed by atoms with Crippen LogP contribution in [0.3, 0.4) is 0 Å². The molecule has 0 spiro atoms. The maximum atomic E-state index is 12.3. The van der Waals surface area contributed by atoms with Gasteiger partial charge in [-0.2, -0.15) is 0 Å². The summed E-state index contributed by atoms with van der Waals surface area (Å²) in [5, 5.41) is 0.398. The fraction of sp³-hybridized carbons (Fsp3) is 0.235. The number of anilines is 1. The molecule has 2 aromatic rings. The number of rotatable bonds is 5. The first-order valence-electron chi connectivity index (χ1n) is 7.17. The van der Waals surface area contributed by atoms with Gasteiger partial charge in [-0.3, -0.25) is 9.59 Å². The van der Waals surface area contributed by atoms with Crippen LogP contribution in [-0.4, -0.2) is 29.1 Å². The Kier molecular flexibility index (Phi) is 5.09. The number of nitrogens with two attached hydrogens (primary N) is 1. The summed E-state index contributed by atoms with van der Waals surface area (Å²) in [7, 11) is 0. The Labute approximate surface area is 143 Å². The second-order valence-corrected chi connectivity index (χ2v) is 5.85. The molecule has 126 valence electrons. The molecule has 1 aromatic carbocycles. The van der Waals surface area contributed by atoms with Crippen LogP contribution < -0.4 is 5.73 Å². The number of ether oxygens (including phenoxy) is 1. The van der Waals surface area contributed by atoms with Crippen LogP contribution in [0.5, 0.6) is 0 Å². The van der Waals surface area contributed by atoms with Crippen molar-refractivity contribution in [3.8, 4) is 0 Å². The number of halogens is 1. The second kappa shape index (κ2) is 6.88. The fourth-order valence-electron chi connectivity index (χ4n) is 2.56. The first kappa shape index (κ1) is 17.7. The molecule has 2 rings (SSSR count). The molecule has 0 aliphatic heterocycles. The minimum atomic E-state index is -0.717. The van der Waals surface area contributed by atoms with Gasteiger partial charge in [0.1, 0.15) is 0 Å². The van der Waals surface area contributed by atoms with Gasteiger partial charge < -0.3 is 15.5 Å². The minimum absolute atomic E-state index is 0.133. The highest BCUT2D eigenvalue weighted by atomic mass is 35.5. The lowest BCUT2D eigenvalue weighted by molar-refractivity contribution is 0.0474. The zero-order valence-corrected chi connectivity index (χ0v) is 14.3. The van der Waals surface area contributed by atoms with Gasteiger partial charge in [0.05, 0.1) is 11.3 Å². The normalized spacial score (nSPS) is 10.5. The lowest BCUT2D eigenvalue weighted by atomic mass is 10.1. The molecular formula is C17H17ClN2O4. The van der Waals surface area contributed by atoms with E-state index in [1.807, 2.05) is 0 Å². The molecule has 7 heteroatoms. The average Bonchev–Trinajstić information content (AvgIpc) is 2.79. The summed E-state index contributed by atoms with van der Waals surface area (Å²) in [6.07, 6.45) is 0. The second-order valence-electron chi connectivity index (χ2n) is 5.41. The van der Waals surface area contributed by atoms with Gasteiger partial charge in [0.25, 0.3) is 0 Å². The summed E-state index contributed by atoms with van der Waals surface area (Å²) >= 11 is 5.77. The number of nitrogen functional groups attached to an aromatic ring is 1. The van der Waals surface area contributed by atoms with E-state index in [9.17, 15) is 14.4 Å². The molecule has 1 aromatic heterocycles. The Morgan fingerprint density at radius 2 is 1.92 bits per heavy atom. The Morgan fingerprint density at radius 3 is 2.46 bits per heavy atom. The molecule has 0 unspecified atom stereocenters. The van der Waals surface area contributed by atoms with Gasteiger partial charge in [-0.15, -0.1) is 0 Å². The molecular weight excluding hydrogens is 332 g/mol. The average molecular weight is 349 g/mol. The minimum Gasteiger partial charge on any atom is -0.454 e. The van der Waals surface area contributed by atoms with Crippen molar-refractivity contribution in [1.82, 2.24) is 4.98 Å². The number of H-pyrrole nitrogens is 1. The van der Waals surface area contributed by atoms with E-state index >= 15 is 0 Å². The molecule has 1 heterocycles. The largest absolute Gasteiger partial charge is 0.454 e. The number of aryl methyl sites for hydroxylation is 1. The molecule has 0 bridgehead atoms. The molecule has 0 aliphatic carbocycles. The predicted molar refractivity (Wildman–Crippen MR) is 90.7 cm³/mol. The number of carbonyl (C=O) groups is 3. The molecule has 0 saturated heterocycles. The van der Waals surface area contributed by atoms with Crippen molar-refractivity contribution in [1.29, 1.82) is 0 Å². The van der Waals surface area contributed by atoms with E-state index in [0.29, 0.717) is 21.8 Å². The summed E-state index contributed by atoms with van der Waals surface area (Å²) < 4.78 is 5.01. The summed E-state index contributed by atoms with van der Waals surface area (Å²) in [5.74, 6) is -1.28. The monoisotopic (exact) mass is 348 g/mol. The van der Waals surface area contributed by atoms with Crippen LogP contribution in [0, 0.1) is 13.8 Å². The van der Waals surface area contributed by atoms with Crippen LogP contribution in [0.1, 0.15) is 49.4 Å². The van der Waals surface area contributed by atoms with Crippen molar-refractivity contribution in [2.24, 2.45) is 0 Å². The van der Waals surface area contributed by atoms with Gasteiger partial charge in [0, 0.05) is 22.0 Å². The third-order valence-electron chi connectivity index (χ3n) is 3.64. The molecule has 0 radical (unpaired) electrons. The van der Waals surface area contributed by atoms with Crippen LogP contribution >= 0.6 is 11.6 Å². The van der Waals surface area contributed by atoms with Crippen LogP contribution in [0.15, 0.2) is 18.2 Å². The Bertz CT molecular complexity index is 839. The highest BCUT2D eigenvalue weighted by molar-refractivity contribution is 6.31. The molecule has 0 amide bonds. The quantitative estimate of drug-likeness (QED) is 0.491. The first-order valence-corrected chi connectivity index (χ1v) is 7.55. The summed E-state index contributed by atoms with van der Waals surface area (Å²) in [6.45, 7) is 4.35. The van der Waals surface area contributed by atoms with Crippen molar-refractivity contribution in [2.75, 3.05) is 12.3 Å². The topological polar surface area (TPSA) is 102 Å². The third-order valence-corrected chi connectivity index (χ3v) is 3.87. The lowest BCUT2D eigenvalue weighted by Crippen LogP contribution is -2.16. The van der Waals surface area contributed by atoms with E-state index in [4.69, 9.17) is 22.1 Å². The third kappa shape index (κ3) is 3.49. The maximum absolute atomic E-state index is 12.3. The molecule has 24 heavy (non-hydrogen) atoms. The van der Waals surface area contributed by atoms with E-state index in [0.717, 1.165) is 0 Å². The van der Waals surface area contributed by atoms with Crippen molar-refractivity contribution < 1.29 is 19.1 Å². The number of aromatic nitrogens is 1. The first-order chi connectivity index (χ1) is 11.2. The van der Waals surface area contributed by atoms with Crippen LogP contribution in [-0.2, 0) is 4.74 Å². The predicted octanol–water partition coefficient (Wildman–Crippen LogP) is 3.11. The van der Waals surface area contributed by atoms with Crippen LogP contribution in [0.2, 0.25) is 5.02 Å². The zero-order chi connectivity index (χ0) is 18.0. The SMILES string of the molecule is CC(=O)c1c(C)[nH]c(C(=O)COC(=O)c2ccc(Cl)cc2N)c1C. The van der Waals surface area contributed by atoms with Gasteiger partial charge in [-0.05, 0) is 44.5 Å². The number of nitrogens with one attached hydrogen (secondary N) is 1. The highest BCUT2D eigenvalue weighted by Crippen LogP contribution is 2.20. The number of esters is 1. The van der Waals surface area contributed by atoms with Gasteiger partial charge in [0.15, 0.2) is 12.4 Å². The molecule has 0 saturated carbocycles. The van der Waals surface area contributed by atoms with E-state index < -0.39 is 18.4 Å². The number of aromatic amines is 1. The number of carbonyl (C=O) groups excluding carboxylic acids is 3. The molecule has 0 atom stereocenters. The Balaban J connectivity index is 2.12. The fourth-order valence-corrected chi connectivity index (χ4v) is 2.74.